The Balaban J connectivity index is 1.80. The van der Waals surface area contributed by atoms with E-state index in [2.05, 4.69) is 23.9 Å². The van der Waals surface area contributed by atoms with E-state index in [1.807, 2.05) is 0 Å². The lowest BCUT2D eigenvalue weighted by molar-refractivity contribution is -0.125. The van der Waals surface area contributed by atoms with Crippen LogP contribution < -0.4 is 10.1 Å². The molecule has 1 aliphatic rings. The Hall–Kier alpha value is -2.18. The van der Waals surface area contributed by atoms with Crippen LogP contribution in [0.5, 0.6) is 5.75 Å². The molecular weight excluding hydrogens is 332 g/mol. The number of hydrogen-bond donors (Lipinski definition) is 1. The third-order valence-corrected chi connectivity index (χ3v) is 4.70. The van der Waals surface area contributed by atoms with Crippen LogP contribution >= 0.6 is 0 Å². The first kappa shape index (κ1) is 19.1. The van der Waals surface area contributed by atoms with Gasteiger partial charge in [-0.15, -0.1) is 0 Å². The Labute approximate surface area is 145 Å². The molecular formula is C18H23F2NO4. The third-order valence-electron chi connectivity index (χ3n) is 4.70. The zero-order valence-corrected chi connectivity index (χ0v) is 14.3. The summed E-state index contributed by atoms with van der Waals surface area (Å²) >= 11 is 0. The molecule has 1 saturated carbocycles. The van der Waals surface area contributed by atoms with Crippen molar-refractivity contribution in [3.05, 3.63) is 29.8 Å². The van der Waals surface area contributed by atoms with Crippen molar-refractivity contribution in [1.82, 2.24) is 5.32 Å². The number of nitrogens with one attached hydrogen (secondary N) is 1. The summed E-state index contributed by atoms with van der Waals surface area (Å²) in [7, 11) is 0. The average Bonchev–Trinajstić information content (AvgIpc) is 2.57. The quantitative estimate of drug-likeness (QED) is 0.795. The zero-order chi connectivity index (χ0) is 18.4. The SMILES string of the molecule is C[C@H]1[C@H](C)CCC[C@H]1NC(=O)COC(=O)c1ccc(OC(F)F)cc1. The van der Waals surface area contributed by atoms with Crippen LogP contribution in [0, 0.1) is 11.8 Å². The lowest BCUT2D eigenvalue weighted by atomic mass is 9.78. The van der Waals surface area contributed by atoms with Crippen LogP contribution in [0.2, 0.25) is 0 Å². The molecule has 138 valence electrons. The third kappa shape index (κ3) is 5.69. The van der Waals surface area contributed by atoms with Crippen LogP contribution in [0.15, 0.2) is 24.3 Å². The maximum Gasteiger partial charge on any atom is 0.387 e. The number of esters is 1. The van der Waals surface area contributed by atoms with Crippen LogP contribution in [0.1, 0.15) is 43.5 Å². The Morgan fingerprint density at radius 2 is 1.88 bits per heavy atom. The number of hydrogen-bond acceptors (Lipinski definition) is 4. The van der Waals surface area contributed by atoms with E-state index in [0.29, 0.717) is 11.8 Å². The second-order valence-electron chi connectivity index (χ2n) is 6.42. The van der Waals surface area contributed by atoms with Gasteiger partial charge in [0.25, 0.3) is 5.91 Å². The van der Waals surface area contributed by atoms with E-state index in [4.69, 9.17) is 4.74 Å². The standard InChI is InChI=1S/C18H23F2NO4/c1-11-4-3-5-15(12(11)2)21-16(22)10-24-17(23)13-6-8-14(9-7-13)25-18(19)20/h6-9,11-12,15,18H,3-5,10H2,1-2H3,(H,21,22)/t11-,12+,15-/m1/s1. The maximum absolute atomic E-state index is 12.1. The van der Waals surface area contributed by atoms with Crippen LogP contribution in [0.4, 0.5) is 8.78 Å². The number of carbonyl (C=O) groups is 2. The summed E-state index contributed by atoms with van der Waals surface area (Å²) in [6.45, 7) is 0.992. The second kappa shape index (κ2) is 8.78. The lowest BCUT2D eigenvalue weighted by Gasteiger charge is -2.34. The largest absolute Gasteiger partial charge is 0.452 e. The van der Waals surface area contributed by atoms with E-state index < -0.39 is 12.6 Å². The van der Waals surface area contributed by atoms with Crippen molar-refractivity contribution in [2.75, 3.05) is 6.61 Å². The Bertz CT molecular complexity index is 591. The highest BCUT2D eigenvalue weighted by atomic mass is 19.3. The average molecular weight is 355 g/mol. The number of benzene rings is 1. The molecule has 7 heteroatoms. The van der Waals surface area contributed by atoms with Gasteiger partial charge in [-0.05, 0) is 42.5 Å². The van der Waals surface area contributed by atoms with Gasteiger partial charge < -0.3 is 14.8 Å². The molecule has 1 aliphatic carbocycles. The first-order valence-electron chi connectivity index (χ1n) is 8.38. The molecule has 0 heterocycles. The topological polar surface area (TPSA) is 64.6 Å². The van der Waals surface area contributed by atoms with Gasteiger partial charge >= 0.3 is 12.6 Å². The van der Waals surface area contributed by atoms with Gasteiger partial charge in [0, 0.05) is 6.04 Å². The fourth-order valence-electron chi connectivity index (χ4n) is 3.02. The number of rotatable bonds is 6. The van der Waals surface area contributed by atoms with E-state index in [-0.39, 0.29) is 29.9 Å². The van der Waals surface area contributed by atoms with Crippen molar-refractivity contribution in [2.45, 2.75) is 45.8 Å². The van der Waals surface area contributed by atoms with Crippen LogP contribution in [0.25, 0.3) is 0 Å². The van der Waals surface area contributed by atoms with E-state index in [9.17, 15) is 18.4 Å². The van der Waals surface area contributed by atoms with Crippen molar-refractivity contribution < 1.29 is 27.8 Å². The van der Waals surface area contributed by atoms with Gasteiger partial charge in [0.1, 0.15) is 5.75 Å². The second-order valence-corrected chi connectivity index (χ2v) is 6.42. The molecule has 0 aliphatic heterocycles. The Morgan fingerprint density at radius 3 is 2.52 bits per heavy atom. The predicted octanol–water partition coefficient (Wildman–Crippen LogP) is 3.39. The molecule has 1 N–H and O–H groups in total. The molecule has 3 atom stereocenters. The van der Waals surface area contributed by atoms with Gasteiger partial charge in [0.05, 0.1) is 5.56 Å². The highest BCUT2D eigenvalue weighted by Crippen LogP contribution is 2.29. The molecule has 0 spiro atoms. The molecule has 1 amide bonds. The molecule has 5 nitrogen and oxygen atoms in total. The highest BCUT2D eigenvalue weighted by molar-refractivity contribution is 5.91. The highest BCUT2D eigenvalue weighted by Gasteiger charge is 2.28. The van der Waals surface area contributed by atoms with Crippen molar-refractivity contribution in [2.24, 2.45) is 11.8 Å². The minimum Gasteiger partial charge on any atom is -0.452 e. The number of ether oxygens (including phenoxy) is 2. The van der Waals surface area contributed by atoms with Gasteiger partial charge in [0.2, 0.25) is 0 Å². The normalized spacial score (nSPS) is 23.2. The van der Waals surface area contributed by atoms with Gasteiger partial charge in [0.15, 0.2) is 6.61 Å². The number of alkyl halides is 2. The van der Waals surface area contributed by atoms with Crippen molar-refractivity contribution in [1.29, 1.82) is 0 Å². The molecule has 0 saturated heterocycles. The summed E-state index contributed by atoms with van der Waals surface area (Å²) in [5.74, 6) is -0.142. The van der Waals surface area contributed by atoms with Crippen molar-refractivity contribution in [3.8, 4) is 5.75 Å². The summed E-state index contributed by atoms with van der Waals surface area (Å²) < 4.78 is 33.3. The molecule has 0 unspecified atom stereocenters. The lowest BCUT2D eigenvalue weighted by Crippen LogP contribution is -2.45. The zero-order valence-electron chi connectivity index (χ0n) is 14.3. The summed E-state index contributed by atoms with van der Waals surface area (Å²) in [5.41, 5.74) is 0.161. The summed E-state index contributed by atoms with van der Waals surface area (Å²) in [6, 6.07) is 5.20. The minimum atomic E-state index is -2.92. The first-order chi connectivity index (χ1) is 11.9. The van der Waals surface area contributed by atoms with Gasteiger partial charge in [-0.2, -0.15) is 8.78 Å². The summed E-state index contributed by atoms with van der Waals surface area (Å²) in [5, 5.41) is 2.92. The summed E-state index contributed by atoms with van der Waals surface area (Å²) in [6.07, 6.45) is 3.16. The fourth-order valence-corrected chi connectivity index (χ4v) is 3.02. The molecule has 25 heavy (non-hydrogen) atoms. The smallest absolute Gasteiger partial charge is 0.387 e. The van der Waals surface area contributed by atoms with E-state index in [1.54, 1.807) is 0 Å². The van der Waals surface area contributed by atoms with Crippen molar-refractivity contribution in [3.63, 3.8) is 0 Å². The summed E-state index contributed by atoms with van der Waals surface area (Å²) in [4.78, 5) is 23.9. The Kier molecular flexibility index (Phi) is 6.73. The van der Waals surface area contributed by atoms with Crippen LogP contribution in [-0.4, -0.2) is 31.1 Å². The van der Waals surface area contributed by atoms with E-state index in [1.165, 1.54) is 24.3 Å². The monoisotopic (exact) mass is 355 g/mol. The maximum atomic E-state index is 12.1. The molecule has 2 rings (SSSR count). The predicted molar refractivity (Wildman–Crippen MR) is 87.5 cm³/mol. The van der Waals surface area contributed by atoms with Gasteiger partial charge in [-0.1, -0.05) is 26.7 Å². The number of carbonyl (C=O) groups excluding carboxylic acids is 2. The molecule has 0 aromatic heterocycles. The Morgan fingerprint density at radius 1 is 1.20 bits per heavy atom. The number of halogens is 2. The van der Waals surface area contributed by atoms with Crippen LogP contribution in [0.3, 0.4) is 0 Å². The minimum absolute atomic E-state index is 0.0512. The fraction of sp³-hybridized carbons (Fsp3) is 0.556. The molecule has 1 fully saturated rings. The van der Waals surface area contributed by atoms with E-state index in [0.717, 1.165) is 19.3 Å². The van der Waals surface area contributed by atoms with Crippen molar-refractivity contribution >= 4 is 11.9 Å². The van der Waals surface area contributed by atoms with E-state index >= 15 is 0 Å². The molecule has 0 radical (unpaired) electrons. The van der Waals surface area contributed by atoms with Gasteiger partial charge in [-0.3, -0.25) is 4.79 Å². The first-order valence-corrected chi connectivity index (χ1v) is 8.38. The number of amides is 1. The molecule has 1 aromatic carbocycles. The molecule has 0 bridgehead atoms. The van der Waals surface area contributed by atoms with Gasteiger partial charge in [-0.25, -0.2) is 4.79 Å². The van der Waals surface area contributed by atoms with Crippen LogP contribution in [-0.2, 0) is 9.53 Å². The molecule has 1 aromatic rings.